The van der Waals surface area contributed by atoms with Crippen LogP contribution in [0.15, 0.2) is 9.52 Å². The normalized spacial score (nSPS) is 21.4. The highest BCUT2D eigenvalue weighted by Crippen LogP contribution is 2.25. The van der Waals surface area contributed by atoms with Gasteiger partial charge in [0.1, 0.15) is 6.54 Å². The van der Waals surface area contributed by atoms with Crippen molar-refractivity contribution in [1.29, 1.82) is 0 Å². The third-order valence-corrected chi connectivity index (χ3v) is 3.98. The van der Waals surface area contributed by atoms with E-state index in [1.165, 1.54) is 0 Å². The SMILES string of the molecule is CCNC(=NCc1noc(C)n1)NC1CCC(C(=O)OCC)CC1. The van der Waals surface area contributed by atoms with E-state index in [4.69, 9.17) is 9.26 Å². The lowest BCUT2D eigenvalue weighted by atomic mass is 9.86. The molecule has 1 fully saturated rings. The van der Waals surface area contributed by atoms with Crippen LogP contribution in [0.4, 0.5) is 0 Å². The molecule has 8 nitrogen and oxygen atoms in total. The maximum Gasteiger partial charge on any atom is 0.308 e. The van der Waals surface area contributed by atoms with Crippen molar-refractivity contribution < 1.29 is 14.1 Å². The molecular formula is C16H27N5O3. The molecule has 0 radical (unpaired) electrons. The Morgan fingerprint density at radius 3 is 2.67 bits per heavy atom. The largest absolute Gasteiger partial charge is 0.466 e. The molecule has 24 heavy (non-hydrogen) atoms. The van der Waals surface area contributed by atoms with Crippen molar-refractivity contribution in [3.05, 3.63) is 11.7 Å². The number of hydrogen-bond donors (Lipinski definition) is 2. The van der Waals surface area contributed by atoms with Gasteiger partial charge < -0.3 is 19.9 Å². The Kier molecular flexibility index (Phi) is 7.02. The summed E-state index contributed by atoms with van der Waals surface area (Å²) in [4.78, 5) is 20.4. The second kappa shape index (κ2) is 9.24. The van der Waals surface area contributed by atoms with E-state index in [1.54, 1.807) is 6.92 Å². The summed E-state index contributed by atoms with van der Waals surface area (Å²) >= 11 is 0. The van der Waals surface area contributed by atoms with Crippen molar-refractivity contribution in [2.45, 2.75) is 59.0 Å². The van der Waals surface area contributed by atoms with Crippen LogP contribution in [0.5, 0.6) is 0 Å². The highest BCUT2D eigenvalue weighted by atomic mass is 16.5. The molecule has 2 N–H and O–H groups in total. The van der Waals surface area contributed by atoms with E-state index in [2.05, 4.69) is 25.8 Å². The van der Waals surface area contributed by atoms with E-state index >= 15 is 0 Å². The van der Waals surface area contributed by atoms with E-state index in [1.807, 2.05) is 13.8 Å². The minimum atomic E-state index is -0.0657. The van der Waals surface area contributed by atoms with Gasteiger partial charge in [-0.15, -0.1) is 0 Å². The molecule has 134 valence electrons. The standard InChI is InChI=1S/C16H27N5O3/c1-4-17-16(18-10-14-19-11(3)24-21-14)20-13-8-6-12(7-9-13)15(22)23-5-2/h12-13H,4-10H2,1-3H3,(H2,17,18,20). The zero-order valence-corrected chi connectivity index (χ0v) is 14.7. The van der Waals surface area contributed by atoms with Gasteiger partial charge in [0.2, 0.25) is 5.89 Å². The second-order valence-electron chi connectivity index (χ2n) is 5.87. The van der Waals surface area contributed by atoms with Gasteiger partial charge in [0.05, 0.1) is 12.5 Å². The van der Waals surface area contributed by atoms with E-state index in [9.17, 15) is 4.79 Å². The van der Waals surface area contributed by atoms with Crippen LogP contribution in [0, 0.1) is 12.8 Å². The molecule has 0 aliphatic heterocycles. The predicted octanol–water partition coefficient (Wildman–Crippen LogP) is 1.56. The number of guanidine groups is 1. The number of esters is 1. The minimum absolute atomic E-state index is 0.0322. The molecule has 1 heterocycles. The maximum atomic E-state index is 11.8. The topological polar surface area (TPSA) is 102 Å². The predicted molar refractivity (Wildman–Crippen MR) is 89.4 cm³/mol. The average Bonchev–Trinajstić information content (AvgIpc) is 2.99. The Labute approximate surface area is 142 Å². The number of nitrogens with zero attached hydrogens (tertiary/aromatic N) is 3. The van der Waals surface area contributed by atoms with Crippen molar-refractivity contribution in [3.63, 3.8) is 0 Å². The summed E-state index contributed by atoms with van der Waals surface area (Å²) in [5.41, 5.74) is 0. The molecule has 1 aromatic rings. The number of hydrogen-bond acceptors (Lipinski definition) is 6. The van der Waals surface area contributed by atoms with Crippen LogP contribution in [0.1, 0.15) is 51.2 Å². The molecule has 2 rings (SSSR count). The zero-order chi connectivity index (χ0) is 17.4. The summed E-state index contributed by atoms with van der Waals surface area (Å²) in [6, 6.07) is 0.306. The first-order valence-corrected chi connectivity index (χ1v) is 8.63. The summed E-state index contributed by atoms with van der Waals surface area (Å²) in [5, 5.41) is 10.5. The van der Waals surface area contributed by atoms with Gasteiger partial charge in [-0.05, 0) is 39.5 Å². The van der Waals surface area contributed by atoms with E-state index in [0.717, 1.165) is 38.2 Å². The minimum Gasteiger partial charge on any atom is -0.466 e. The third-order valence-electron chi connectivity index (χ3n) is 3.98. The molecule has 0 atom stereocenters. The first kappa shape index (κ1) is 18.2. The Hall–Kier alpha value is -2.12. The zero-order valence-electron chi connectivity index (χ0n) is 14.7. The van der Waals surface area contributed by atoms with Crippen LogP contribution < -0.4 is 10.6 Å². The number of aromatic nitrogens is 2. The number of ether oxygens (including phenoxy) is 1. The number of carbonyl (C=O) groups is 1. The summed E-state index contributed by atoms with van der Waals surface area (Å²) < 4.78 is 10.1. The first-order valence-electron chi connectivity index (χ1n) is 8.63. The van der Waals surface area contributed by atoms with Gasteiger partial charge in [-0.3, -0.25) is 4.79 Å². The molecule has 0 bridgehead atoms. The fourth-order valence-corrected chi connectivity index (χ4v) is 2.80. The summed E-state index contributed by atoms with van der Waals surface area (Å²) in [7, 11) is 0. The van der Waals surface area contributed by atoms with Crippen LogP contribution in [0.2, 0.25) is 0 Å². The van der Waals surface area contributed by atoms with Crippen LogP contribution in [-0.2, 0) is 16.1 Å². The maximum absolute atomic E-state index is 11.8. The van der Waals surface area contributed by atoms with Gasteiger partial charge in [0, 0.05) is 19.5 Å². The third kappa shape index (κ3) is 5.50. The summed E-state index contributed by atoms with van der Waals surface area (Å²) in [6.07, 6.45) is 3.55. The number of rotatable bonds is 6. The molecule has 0 unspecified atom stereocenters. The van der Waals surface area contributed by atoms with Gasteiger partial charge in [-0.2, -0.15) is 4.98 Å². The number of aryl methyl sites for hydroxylation is 1. The Morgan fingerprint density at radius 1 is 1.33 bits per heavy atom. The molecular weight excluding hydrogens is 310 g/mol. The Balaban J connectivity index is 1.84. The van der Waals surface area contributed by atoms with Crippen molar-refractivity contribution in [2.75, 3.05) is 13.2 Å². The highest BCUT2D eigenvalue weighted by Gasteiger charge is 2.27. The Morgan fingerprint density at radius 2 is 2.08 bits per heavy atom. The molecule has 8 heteroatoms. The molecule has 0 aromatic carbocycles. The van der Waals surface area contributed by atoms with Gasteiger partial charge in [0.25, 0.3) is 0 Å². The molecule has 0 amide bonds. The molecule has 0 saturated heterocycles. The van der Waals surface area contributed by atoms with Crippen LogP contribution in [0.3, 0.4) is 0 Å². The lowest BCUT2D eigenvalue weighted by molar-refractivity contribution is -0.149. The quantitative estimate of drug-likeness (QED) is 0.461. The van der Waals surface area contributed by atoms with E-state index in [-0.39, 0.29) is 11.9 Å². The number of aliphatic imine (C=N–C) groups is 1. The Bertz CT molecular complexity index is 550. The number of nitrogens with one attached hydrogen (secondary N) is 2. The van der Waals surface area contributed by atoms with Gasteiger partial charge >= 0.3 is 5.97 Å². The van der Waals surface area contributed by atoms with Crippen molar-refractivity contribution in [2.24, 2.45) is 10.9 Å². The smallest absolute Gasteiger partial charge is 0.308 e. The molecule has 1 aromatic heterocycles. The highest BCUT2D eigenvalue weighted by molar-refractivity contribution is 5.80. The van der Waals surface area contributed by atoms with Crippen LogP contribution >= 0.6 is 0 Å². The van der Waals surface area contributed by atoms with Crippen LogP contribution in [-0.4, -0.2) is 41.3 Å². The van der Waals surface area contributed by atoms with Gasteiger partial charge in [0.15, 0.2) is 11.8 Å². The molecule has 1 saturated carbocycles. The lowest BCUT2D eigenvalue weighted by Gasteiger charge is -2.29. The van der Waals surface area contributed by atoms with Crippen molar-refractivity contribution in [1.82, 2.24) is 20.8 Å². The van der Waals surface area contributed by atoms with E-state index in [0.29, 0.717) is 30.9 Å². The lowest BCUT2D eigenvalue weighted by Crippen LogP contribution is -2.45. The molecule has 1 aliphatic rings. The monoisotopic (exact) mass is 337 g/mol. The second-order valence-corrected chi connectivity index (χ2v) is 5.87. The number of carbonyl (C=O) groups excluding carboxylic acids is 1. The average molecular weight is 337 g/mol. The van der Waals surface area contributed by atoms with Gasteiger partial charge in [-0.25, -0.2) is 4.99 Å². The van der Waals surface area contributed by atoms with Gasteiger partial charge in [-0.1, -0.05) is 5.16 Å². The molecule has 0 spiro atoms. The van der Waals surface area contributed by atoms with Crippen molar-refractivity contribution in [3.8, 4) is 0 Å². The summed E-state index contributed by atoms with van der Waals surface area (Å²) in [6.45, 7) is 7.21. The fraction of sp³-hybridized carbons (Fsp3) is 0.750. The first-order chi connectivity index (χ1) is 11.6. The molecule has 1 aliphatic carbocycles. The summed E-state index contributed by atoms with van der Waals surface area (Å²) in [5.74, 6) is 1.81. The fourth-order valence-electron chi connectivity index (χ4n) is 2.80. The van der Waals surface area contributed by atoms with Crippen molar-refractivity contribution >= 4 is 11.9 Å². The van der Waals surface area contributed by atoms with E-state index < -0.39 is 0 Å². The van der Waals surface area contributed by atoms with Crippen LogP contribution in [0.25, 0.3) is 0 Å².